The summed E-state index contributed by atoms with van der Waals surface area (Å²) in [6.45, 7) is 2.61. The summed E-state index contributed by atoms with van der Waals surface area (Å²) in [5.74, 6) is 0. The van der Waals surface area contributed by atoms with Gasteiger partial charge in [-0.3, -0.25) is 4.98 Å². The molecule has 2 atom stereocenters. The lowest BCUT2D eigenvalue weighted by atomic mass is 10.0. The van der Waals surface area contributed by atoms with Gasteiger partial charge in [0.25, 0.3) is 0 Å². The minimum atomic E-state index is 0.188. The lowest BCUT2D eigenvalue weighted by Gasteiger charge is -2.30. The van der Waals surface area contributed by atoms with Crippen LogP contribution in [0, 0.1) is 0 Å². The van der Waals surface area contributed by atoms with E-state index in [-0.39, 0.29) is 12.1 Å². The van der Waals surface area contributed by atoms with Gasteiger partial charge in [-0.2, -0.15) is 0 Å². The van der Waals surface area contributed by atoms with E-state index in [0.29, 0.717) is 0 Å². The van der Waals surface area contributed by atoms with E-state index in [0.717, 1.165) is 19.7 Å². The molecular formula is C11H17N3O. The van der Waals surface area contributed by atoms with Gasteiger partial charge >= 0.3 is 0 Å². The Morgan fingerprint density at radius 1 is 1.67 bits per heavy atom. The Labute approximate surface area is 90.0 Å². The van der Waals surface area contributed by atoms with Gasteiger partial charge in [0, 0.05) is 25.5 Å². The van der Waals surface area contributed by atoms with E-state index in [9.17, 15) is 0 Å². The lowest BCUT2D eigenvalue weighted by molar-refractivity contribution is 0.00531. The molecule has 2 N–H and O–H groups in total. The number of hydrogen-bond acceptors (Lipinski definition) is 4. The van der Waals surface area contributed by atoms with E-state index >= 15 is 0 Å². The van der Waals surface area contributed by atoms with Crippen molar-refractivity contribution in [1.82, 2.24) is 15.6 Å². The van der Waals surface area contributed by atoms with E-state index < -0.39 is 0 Å². The molecule has 0 saturated carbocycles. The normalized spacial score (nSPS) is 23.7. The summed E-state index contributed by atoms with van der Waals surface area (Å²) in [5, 5.41) is 6.62. The van der Waals surface area contributed by atoms with Crippen LogP contribution >= 0.6 is 0 Å². The first-order valence-corrected chi connectivity index (χ1v) is 5.31. The average molecular weight is 207 g/mol. The van der Waals surface area contributed by atoms with E-state index in [1.807, 2.05) is 19.3 Å². The Morgan fingerprint density at radius 3 is 3.20 bits per heavy atom. The molecule has 1 fully saturated rings. The van der Waals surface area contributed by atoms with Crippen LogP contribution in [-0.4, -0.2) is 37.8 Å². The predicted octanol–water partition coefficient (Wildman–Crippen LogP) is 0.330. The minimum absolute atomic E-state index is 0.188. The van der Waals surface area contributed by atoms with E-state index in [2.05, 4.69) is 21.7 Å². The van der Waals surface area contributed by atoms with Crippen LogP contribution in [0.5, 0.6) is 0 Å². The van der Waals surface area contributed by atoms with E-state index in [1.54, 1.807) is 6.20 Å². The third kappa shape index (κ3) is 2.53. The van der Waals surface area contributed by atoms with Crippen LogP contribution in [0.2, 0.25) is 0 Å². The van der Waals surface area contributed by atoms with Gasteiger partial charge in [-0.05, 0) is 18.7 Å². The molecule has 4 heteroatoms. The van der Waals surface area contributed by atoms with E-state index in [1.165, 1.54) is 5.56 Å². The van der Waals surface area contributed by atoms with Gasteiger partial charge < -0.3 is 15.4 Å². The molecule has 2 unspecified atom stereocenters. The fourth-order valence-corrected chi connectivity index (χ4v) is 1.93. The van der Waals surface area contributed by atoms with Gasteiger partial charge in [-0.1, -0.05) is 6.07 Å². The van der Waals surface area contributed by atoms with Crippen molar-refractivity contribution in [2.75, 3.05) is 26.7 Å². The monoisotopic (exact) mass is 207 g/mol. The minimum Gasteiger partial charge on any atom is -0.374 e. The molecule has 0 spiro atoms. The smallest absolute Gasteiger partial charge is 0.0894 e. The Balaban J connectivity index is 2.09. The summed E-state index contributed by atoms with van der Waals surface area (Å²) in [7, 11) is 1.95. The SMILES string of the molecule is CNC(c1cccnc1)C1CNCCO1. The zero-order chi connectivity index (χ0) is 10.5. The zero-order valence-electron chi connectivity index (χ0n) is 8.94. The molecule has 4 nitrogen and oxygen atoms in total. The Hall–Kier alpha value is -0.970. The third-order valence-electron chi connectivity index (χ3n) is 2.68. The topological polar surface area (TPSA) is 46.2 Å². The maximum Gasteiger partial charge on any atom is 0.0894 e. The number of rotatable bonds is 3. The molecule has 2 rings (SSSR count). The van der Waals surface area contributed by atoms with Crippen molar-refractivity contribution in [3.8, 4) is 0 Å². The van der Waals surface area contributed by atoms with Crippen LogP contribution in [-0.2, 0) is 4.74 Å². The summed E-state index contributed by atoms with van der Waals surface area (Å²) in [6, 6.07) is 4.24. The van der Waals surface area contributed by atoms with Gasteiger partial charge in [0.15, 0.2) is 0 Å². The molecule has 2 heterocycles. The maximum absolute atomic E-state index is 5.73. The summed E-state index contributed by atoms with van der Waals surface area (Å²) in [4.78, 5) is 4.13. The molecule has 1 saturated heterocycles. The highest BCUT2D eigenvalue weighted by atomic mass is 16.5. The van der Waals surface area contributed by atoms with Crippen LogP contribution in [0.4, 0.5) is 0 Å². The number of ether oxygens (including phenoxy) is 1. The van der Waals surface area contributed by atoms with Crippen molar-refractivity contribution >= 4 is 0 Å². The highest BCUT2D eigenvalue weighted by Gasteiger charge is 2.24. The molecule has 1 aromatic heterocycles. The standard InChI is InChI=1S/C11H17N3O/c1-12-11(9-3-2-4-13-7-9)10-8-14-5-6-15-10/h2-4,7,10-12,14H,5-6,8H2,1H3. The second-order valence-corrected chi connectivity index (χ2v) is 3.67. The molecule has 0 amide bonds. The average Bonchev–Trinajstić information content (AvgIpc) is 2.33. The Bertz CT molecular complexity index is 285. The molecule has 1 aliphatic rings. The van der Waals surface area contributed by atoms with E-state index in [4.69, 9.17) is 4.74 Å². The summed E-state index contributed by atoms with van der Waals surface area (Å²) >= 11 is 0. The number of nitrogens with zero attached hydrogens (tertiary/aromatic N) is 1. The van der Waals surface area contributed by atoms with Gasteiger partial charge in [0.2, 0.25) is 0 Å². The van der Waals surface area contributed by atoms with Crippen LogP contribution in [0.3, 0.4) is 0 Å². The molecule has 82 valence electrons. The highest BCUT2D eigenvalue weighted by Crippen LogP contribution is 2.18. The molecule has 15 heavy (non-hydrogen) atoms. The molecular weight excluding hydrogens is 190 g/mol. The van der Waals surface area contributed by atoms with Gasteiger partial charge in [-0.15, -0.1) is 0 Å². The number of morpholine rings is 1. The van der Waals surface area contributed by atoms with Gasteiger partial charge in [-0.25, -0.2) is 0 Å². The van der Waals surface area contributed by atoms with Crippen molar-refractivity contribution in [3.05, 3.63) is 30.1 Å². The fraction of sp³-hybridized carbons (Fsp3) is 0.545. The number of aromatic nitrogens is 1. The third-order valence-corrected chi connectivity index (χ3v) is 2.68. The summed E-state index contributed by atoms with van der Waals surface area (Å²) in [5.41, 5.74) is 1.17. The molecule has 0 bridgehead atoms. The fourth-order valence-electron chi connectivity index (χ4n) is 1.93. The lowest BCUT2D eigenvalue weighted by Crippen LogP contribution is -2.45. The second kappa shape index (κ2) is 5.21. The van der Waals surface area contributed by atoms with Crippen molar-refractivity contribution < 1.29 is 4.74 Å². The number of pyridine rings is 1. The summed E-state index contributed by atoms with van der Waals surface area (Å²) < 4.78 is 5.73. The van der Waals surface area contributed by atoms with Crippen molar-refractivity contribution in [2.24, 2.45) is 0 Å². The number of nitrogens with one attached hydrogen (secondary N) is 2. The van der Waals surface area contributed by atoms with Crippen molar-refractivity contribution in [3.63, 3.8) is 0 Å². The first kappa shape index (κ1) is 10.5. The van der Waals surface area contributed by atoms with Crippen LogP contribution in [0.25, 0.3) is 0 Å². The largest absolute Gasteiger partial charge is 0.374 e. The first-order chi connectivity index (χ1) is 7.42. The van der Waals surface area contributed by atoms with Gasteiger partial charge in [0.05, 0.1) is 18.8 Å². The zero-order valence-corrected chi connectivity index (χ0v) is 8.94. The highest BCUT2D eigenvalue weighted by molar-refractivity contribution is 5.15. The number of hydrogen-bond donors (Lipinski definition) is 2. The van der Waals surface area contributed by atoms with Crippen LogP contribution in [0.1, 0.15) is 11.6 Å². The van der Waals surface area contributed by atoms with Gasteiger partial charge in [0.1, 0.15) is 0 Å². The molecule has 0 radical (unpaired) electrons. The molecule has 1 aromatic rings. The second-order valence-electron chi connectivity index (χ2n) is 3.67. The molecule has 0 aromatic carbocycles. The number of likely N-dealkylation sites (N-methyl/N-ethyl adjacent to an activating group) is 1. The first-order valence-electron chi connectivity index (χ1n) is 5.31. The Morgan fingerprint density at radius 2 is 2.60 bits per heavy atom. The van der Waals surface area contributed by atoms with Crippen LogP contribution in [0.15, 0.2) is 24.5 Å². The van der Waals surface area contributed by atoms with Crippen molar-refractivity contribution in [1.29, 1.82) is 0 Å². The summed E-state index contributed by atoms with van der Waals surface area (Å²) in [6.07, 6.45) is 3.86. The molecule has 0 aliphatic carbocycles. The Kier molecular flexibility index (Phi) is 3.66. The van der Waals surface area contributed by atoms with Crippen LogP contribution < -0.4 is 10.6 Å². The predicted molar refractivity (Wildman–Crippen MR) is 58.6 cm³/mol. The maximum atomic E-state index is 5.73. The quantitative estimate of drug-likeness (QED) is 0.750. The molecule has 1 aliphatic heterocycles. The van der Waals surface area contributed by atoms with Crippen molar-refractivity contribution in [2.45, 2.75) is 12.1 Å².